The van der Waals surface area contributed by atoms with Gasteiger partial charge in [0.25, 0.3) is 5.91 Å². The molecule has 12 nitrogen and oxygen atoms in total. The number of nitrogens with one attached hydrogen (secondary N) is 2. The quantitative estimate of drug-likeness (QED) is 0.180. The van der Waals surface area contributed by atoms with E-state index in [0.29, 0.717) is 56.0 Å². The number of halogens is 3. The molecule has 2 aliphatic carbocycles. The van der Waals surface area contributed by atoms with Gasteiger partial charge in [-0.3, -0.25) is 19.9 Å². The van der Waals surface area contributed by atoms with Crippen molar-refractivity contribution in [3.05, 3.63) is 53.6 Å². The van der Waals surface area contributed by atoms with Crippen molar-refractivity contribution in [3.8, 4) is 11.3 Å². The normalized spacial score (nSPS) is 17.7. The number of rotatable bonds is 11. The van der Waals surface area contributed by atoms with Gasteiger partial charge in [0.15, 0.2) is 5.65 Å². The second-order valence-corrected chi connectivity index (χ2v) is 13.5. The lowest BCUT2D eigenvalue weighted by Gasteiger charge is -2.38. The van der Waals surface area contributed by atoms with Gasteiger partial charge < -0.3 is 24.6 Å². The van der Waals surface area contributed by atoms with Crippen LogP contribution in [0.2, 0.25) is 0 Å². The number of pyridine rings is 3. The second-order valence-electron chi connectivity index (χ2n) is 13.5. The van der Waals surface area contributed by atoms with Gasteiger partial charge in [0.2, 0.25) is 5.95 Å². The summed E-state index contributed by atoms with van der Waals surface area (Å²) >= 11 is 0. The summed E-state index contributed by atoms with van der Waals surface area (Å²) in [4.78, 5) is 49.1. The number of carbonyl (C=O) groups excluding carboxylic acids is 1. The van der Waals surface area contributed by atoms with Gasteiger partial charge in [0.1, 0.15) is 11.2 Å². The molecule has 15 heteroatoms. The van der Waals surface area contributed by atoms with Crippen LogP contribution in [0.15, 0.2) is 36.7 Å². The number of methoxy groups -OCH3 is 1. The van der Waals surface area contributed by atoms with Gasteiger partial charge in [-0.2, -0.15) is 18.2 Å². The summed E-state index contributed by atoms with van der Waals surface area (Å²) < 4.78 is 48.1. The Balaban J connectivity index is 1.20. The number of ether oxygens (including phenoxy) is 1. The maximum Gasteiger partial charge on any atom is 0.418 e. The molecule has 3 fully saturated rings. The highest BCUT2D eigenvalue weighted by atomic mass is 19.4. The van der Waals surface area contributed by atoms with E-state index in [9.17, 15) is 22.8 Å². The number of imidazole rings is 1. The first-order valence-corrected chi connectivity index (χ1v) is 16.4. The highest BCUT2D eigenvalue weighted by Gasteiger charge is 2.40. The molecule has 5 heterocycles. The number of carbonyl (C=O) groups is 2. The van der Waals surface area contributed by atoms with E-state index in [2.05, 4.69) is 30.2 Å². The fraction of sp³-hybridized carbons (Fsp3) is 0.471. The van der Waals surface area contributed by atoms with Gasteiger partial charge in [0.05, 0.1) is 47.0 Å². The molecule has 4 aromatic rings. The largest absolute Gasteiger partial charge is 0.481 e. The fourth-order valence-electron chi connectivity index (χ4n) is 7.10. The van der Waals surface area contributed by atoms with E-state index in [0.717, 1.165) is 31.7 Å². The average Bonchev–Trinajstić information content (AvgIpc) is 3.66. The van der Waals surface area contributed by atoms with Gasteiger partial charge in [-0.1, -0.05) is 12.8 Å². The van der Waals surface area contributed by atoms with Crippen molar-refractivity contribution >= 4 is 40.4 Å². The van der Waals surface area contributed by atoms with Gasteiger partial charge in [-0.15, -0.1) is 0 Å². The van der Waals surface area contributed by atoms with Gasteiger partial charge in [-0.05, 0) is 49.9 Å². The molecule has 7 rings (SSSR count). The molecule has 3 aliphatic rings. The third-order valence-electron chi connectivity index (χ3n) is 9.83. The van der Waals surface area contributed by atoms with Crippen molar-refractivity contribution in [2.75, 3.05) is 55.5 Å². The lowest BCUT2D eigenvalue weighted by Crippen LogP contribution is -2.50. The Bertz CT molecular complexity index is 1880. The summed E-state index contributed by atoms with van der Waals surface area (Å²) in [7, 11) is 3.61. The Morgan fingerprint density at radius 2 is 1.88 bits per heavy atom. The smallest absolute Gasteiger partial charge is 0.418 e. The molecule has 0 bridgehead atoms. The number of amides is 1. The molecule has 49 heavy (non-hydrogen) atoms. The van der Waals surface area contributed by atoms with Crippen molar-refractivity contribution in [3.63, 3.8) is 0 Å². The summed E-state index contributed by atoms with van der Waals surface area (Å²) in [5.74, 6) is -1.89. The molecule has 1 aliphatic heterocycles. The monoisotopic (exact) mass is 678 g/mol. The molecule has 0 atom stereocenters. The molecular formula is C34H37F3N8O4. The number of anilines is 3. The molecule has 0 radical (unpaired) electrons. The number of aromatic nitrogens is 5. The number of hydrogen-bond donors (Lipinski definition) is 3. The minimum atomic E-state index is -4.56. The Labute approximate surface area is 280 Å². The number of alkyl halides is 3. The van der Waals surface area contributed by atoms with E-state index in [4.69, 9.17) is 9.84 Å². The summed E-state index contributed by atoms with van der Waals surface area (Å²) in [5, 5.41) is 11.9. The number of carboxylic acids is 1. The summed E-state index contributed by atoms with van der Waals surface area (Å²) in [6, 6.07) is 6.11. The number of nitrogens with zero attached hydrogens (tertiary/aromatic N) is 6. The predicted molar refractivity (Wildman–Crippen MR) is 176 cm³/mol. The van der Waals surface area contributed by atoms with E-state index in [1.165, 1.54) is 12.4 Å². The minimum Gasteiger partial charge on any atom is -0.481 e. The van der Waals surface area contributed by atoms with Crippen molar-refractivity contribution in [1.29, 1.82) is 0 Å². The topological polar surface area (TPSA) is 149 Å². The molecule has 2 saturated carbocycles. The lowest BCUT2D eigenvalue weighted by molar-refractivity contribution is -0.142. The maximum atomic E-state index is 14.2. The van der Waals surface area contributed by atoms with Crippen LogP contribution in [-0.2, 0) is 15.7 Å². The van der Waals surface area contributed by atoms with Crippen molar-refractivity contribution < 1.29 is 32.6 Å². The van der Waals surface area contributed by atoms with E-state index in [1.807, 2.05) is 16.8 Å². The zero-order chi connectivity index (χ0) is 34.5. The van der Waals surface area contributed by atoms with Crippen LogP contribution in [0.1, 0.15) is 66.2 Å². The van der Waals surface area contributed by atoms with Crippen LogP contribution in [0.4, 0.5) is 30.5 Å². The maximum absolute atomic E-state index is 14.2. The number of aromatic amines is 1. The number of H-pyrrole nitrogens is 1. The minimum absolute atomic E-state index is 0.0677. The van der Waals surface area contributed by atoms with Crippen molar-refractivity contribution in [2.24, 2.45) is 11.3 Å². The van der Waals surface area contributed by atoms with Gasteiger partial charge >= 0.3 is 12.1 Å². The summed E-state index contributed by atoms with van der Waals surface area (Å²) in [6.45, 7) is 1.96. The summed E-state index contributed by atoms with van der Waals surface area (Å²) in [5.41, 5.74) is 1.95. The lowest BCUT2D eigenvalue weighted by atomic mass is 9.86. The number of aliphatic carboxylic acids is 1. The summed E-state index contributed by atoms with van der Waals surface area (Å²) in [6.07, 6.45) is 3.91. The Hall–Kier alpha value is -4.79. The van der Waals surface area contributed by atoms with Crippen LogP contribution in [0.25, 0.3) is 22.4 Å². The van der Waals surface area contributed by atoms with Crippen LogP contribution in [0.5, 0.6) is 0 Å². The van der Waals surface area contributed by atoms with E-state index >= 15 is 0 Å². The number of carboxylic acid groups (broad SMARTS) is 1. The Kier molecular flexibility index (Phi) is 8.41. The van der Waals surface area contributed by atoms with Crippen LogP contribution >= 0.6 is 0 Å². The Morgan fingerprint density at radius 1 is 1.12 bits per heavy atom. The van der Waals surface area contributed by atoms with Crippen molar-refractivity contribution in [2.45, 2.75) is 50.6 Å². The first kappa shape index (κ1) is 32.7. The van der Waals surface area contributed by atoms with E-state index in [-0.39, 0.29) is 45.6 Å². The molecular weight excluding hydrogens is 641 g/mol. The van der Waals surface area contributed by atoms with Crippen LogP contribution in [0, 0.1) is 11.3 Å². The van der Waals surface area contributed by atoms with Gasteiger partial charge in [0, 0.05) is 56.9 Å². The van der Waals surface area contributed by atoms with E-state index in [1.54, 1.807) is 25.3 Å². The molecule has 0 aromatic carbocycles. The fourth-order valence-corrected chi connectivity index (χ4v) is 7.10. The van der Waals surface area contributed by atoms with Crippen LogP contribution in [-0.4, -0.2) is 82.3 Å². The third-order valence-corrected chi connectivity index (χ3v) is 9.83. The zero-order valence-corrected chi connectivity index (χ0v) is 27.2. The molecule has 3 N–H and O–H groups in total. The van der Waals surface area contributed by atoms with Crippen LogP contribution in [0.3, 0.4) is 0 Å². The highest BCUT2D eigenvalue weighted by molar-refractivity contribution is 6.03. The molecule has 1 amide bonds. The first-order valence-electron chi connectivity index (χ1n) is 16.4. The Morgan fingerprint density at radius 3 is 2.51 bits per heavy atom. The van der Waals surface area contributed by atoms with Crippen LogP contribution < -0.4 is 15.1 Å². The van der Waals surface area contributed by atoms with E-state index < -0.39 is 29.5 Å². The number of hydrogen-bond acceptors (Lipinski definition) is 9. The molecule has 258 valence electrons. The number of fused-ring (bicyclic) bond motifs is 1. The zero-order valence-electron chi connectivity index (χ0n) is 27.2. The van der Waals surface area contributed by atoms with Crippen molar-refractivity contribution in [1.82, 2.24) is 24.9 Å². The van der Waals surface area contributed by atoms with Gasteiger partial charge in [-0.25, -0.2) is 9.97 Å². The molecule has 1 saturated heterocycles. The molecule has 4 aromatic heterocycles. The second kappa shape index (κ2) is 12.6. The third kappa shape index (κ3) is 6.63. The first-order chi connectivity index (χ1) is 23.4. The highest BCUT2D eigenvalue weighted by Crippen LogP contribution is 2.46. The molecule has 0 unspecified atom stereocenters. The standard InChI is InChI=1S/C34H37F3N8O4/c1-44(17-33(18-49-2)9-3-4-10-33)26-12-25(20-11-23(34(35,36)37)27(39-13-20)19-5-6-19)40-29-28(26)41-32(42-29)43-30(46)24-8-7-22(14-38-24)45-15-21(16-45)31(47)48/h7-8,11-14,19,21H,3-6,9-10,15-18H2,1-2H3,(H,47,48)(H2,40,41,42,43,46). The SMILES string of the molecule is COCC1(CN(C)c2cc(-c3cnc(C4CC4)c(C(F)(F)F)c3)nc3nc(NC(=O)c4ccc(N5CC(C(=O)O)C5)cn4)[nH]c23)CCCC1. The average molecular weight is 679 g/mol. The predicted octanol–water partition coefficient (Wildman–Crippen LogP) is 5.73. The molecule has 0 spiro atoms.